The number of esters is 3. The summed E-state index contributed by atoms with van der Waals surface area (Å²) < 4.78 is 16.1. The zero-order valence-electron chi connectivity index (χ0n) is 47.7. The van der Waals surface area contributed by atoms with Gasteiger partial charge in [-0.3, -0.25) is 0 Å². The predicted molar refractivity (Wildman–Crippen MR) is 333 cm³/mol. The molecule has 3 N–H and O–H groups in total. The Kier molecular flexibility index (Phi) is 14.7. The van der Waals surface area contributed by atoms with Crippen LogP contribution in [0.1, 0.15) is 64.2 Å². The van der Waals surface area contributed by atoms with Crippen LogP contribution in [0.3, 0.4) is 0 Å². The van der Waals surface area contributed by atoms with Crippen molar-refractivity contribution in [3.05, 3.63) is 142 Å². The molecule has 7 aromatic rings. The molecule has 2 aliphatic rings. The van der Waals surface area contributed by atoms with Gasteiger partial charge in [0.15, 0.2) is 0 Å². The molecule has 5 heterocycles. The molecular formula is C63H68N4O8Si4. The Morgan fingerprint density at radius 3 is 0.810 bits per heavy atom. The van der Waals surface area contributed by atoms with E-state index in [2.05, 4.69) is 113 Å². The van der Waals surface area contributed by atoms with E-state index < -0.39 is 56.2 Å². The monoisotopic (exact) mass is 1120 g/mol. The summed E-state index contributed by atoms with van der Waals surface area (Å²) in [4.78, 5) is 72.5. The highest BCUT2D eigenvalue weighted by Gasteiger charge is 2.28. The predicted octanol–water partition coefficient (Wildman–Crippen LogP) is 12.6. The lowest BCUT2D eigenvalue weighted by atomic mass is 10.0. The first kappa shape index (κ1) is 56.0. The minimum absolute atomic E-state index is 0.165. The molecule has 0 saturated heterocycles. The lowest BCUT2D eigenvalue weighted by molar-refractivity contribution is 0.0592. The maximum absolute atomic E-state index is 13.6. The summed E-state index contributed by atoms with van der Waals surface area (Å²) in [5.41, 5.74) is 12.2. The molecule has 0 fully saturated rings. The number of H-pyrrole nitrogens is 2. The Balaban J connectivity index is 1.55. The van der Waals surface area contributed by atoms with Crippen molar-refractivity contribution < 1.29 is 38.5 Å². The first-order valence-corrected chi connectivity index (χ1v) is 40.3. The van der Waals surface area contributed by atoms with Gasteiger partial charge in [-0.15, -0.1) is 0 Å². The number of nitrogens with zero attached hydrogens (tertiary/aromatic N) is 2. The van der Waals surface area contributed by atoms with E-state index in [-0.39, 0.29) is 5.56 Å². The standard InChI is InChI=1S/C63H68N4O8Si4/c1-73-61(70)41-25-37(29-45(33-41)77(7,8)9)57-50-18-16-48(64-50)56(36-24-40(60(68)69)32-44(28-36)76(4,5)6)49-17-19-51(65-49)58(38-26-42(62(71)74-2)34-46(30-38)78(10,11)12)53-21-23-55(67-53)59(54-22-20-52(57)66-54)39-27-43(63(72)75-3)35-47(31-39)79(13,14)15/h16-35,64,67H,1-15H3,(H,68,69). The number of nitrogens with one attached hydrogen (secondary N) is 2. The molecule has 0 atom stereocenters. The van der Waals surface area contributed by atoms with Crippen molar-refractivity contribution >= 4 is 123 Å². The highest BCUT2D eigenvalue weighted by molar-refractivity contribution is 6.90. The van der Waals surface area contributed by atoms with Crippen LogP contribution < -0.4 is 20.7 Å². The number of hydrogen-bond donors (Lipinski definition) is 3. The van der Waals surface area contributed by atoms with Gasteiger partial charge in [-0.2, -0.15) is 0 Å². The highest BCUT2D eigenvalue weighted by Crippen LogP contribution is 2.40. The maximum Gasteiger partial charge on any atom is 0.337 e. The van der Waals surface area contributed by atoms with Crippen molar-refractivity contribution in [3.63, 3.8) is 0 Å². The van der Waals surface area contributed by atoms with E-state index in [9.17, 15) is 24.3 Å². The van der Waals surface area contributed by atoms with Crippen molar-refractivity contribution in [2.75, 3.05) is 21.3 Å². The number of carbonyl (C=O) groups is 4. The zero-order valence-corrected chi connectivity index (χ0v) is 51.7. The Labute approximate surface area is 465 Å². The number of fused-ring (bicyclic) bond motifs is 8. The van der Waals surface area contributed by atoms with Crippen LogP contribution in [-0.4, -0.2) is 103 Å². The number of aromatic carboxylic acids is 1. The number of carboxylic acids is 1. The molecule has 0 amide bonds. The number of methoxy groups -OCH3 is 3. The summed E-state index contributed by atoms with van der Waals surface area (Å²) in [5.74, 6) is -2.42. The van der Waals surface area contributed by atoms with E-state index in [1.165, 1.54) is 21.3 Å². The second-order valence-electron chi connectivity index (χ2n) is 24.5. The van der Waals surface area contributed by atoms with Gasteiger partial charge in [0.05, 0.1) is 98.7 Å². The lowest BCUT2D eigenvalue weighted by Crippen LogP contribution is -2.38. The fourth-order valence-corrected chi connectivity index (χ4v) is 14.8. The molecule has 0 spiro atoms. The minimum Gasteiger partial charge on any atom is -0.478 e. The summed E-state index contributed by atoms with van der Waals surface area (Å²) >= 11 is 0. The highest BCUT2D eigenvalue weighted by atomic mass is 28.3. The largest absolute Gasteiger partial charge is 0.478 e. The normalized spacial score (nSPS) is 12.6. The smallest absolute Gasteiger partial charge is 0.337 e. The summed E-state index contributed by atoms with van der Waals surface area (Å²) in [6, 6.07) is 31.4. The average molecular weight is 1120 g/mol. The number of aromatic amines is 2. The van der Waals surface area contributed by atoms with Crippen LogP contribution in [0, 0.1) is 0 Å². The van der Waals surface area contributed by atoms with Crippen molar-refractivity contribution in [3.8, 4) is 44.5 Å². The molecular weight excluding hydrogens is 1050 g/mol. The third-order valence-corrected chi connectivity index (χ3v) is 22.7. The quantitative estimate of drug-likeness (QED) is 0.0607. The number of benzene rings is 4. The minimum atomic E-state index is -2.13. The number of carboxylic acid groups (broad SMARTS) is 1. The molecule has 8 bridgehead atoms. The van der Waals surface area contributed by atoms with Crippen molar-refractivity contribution in [2.45, 2.75) is 78.6 Å². The van der Waals surface area contributed by atoms with Gasteiger partial charge in [-0.05, 0) is 119 Å². The Morgan fingerprint density at radius 1 is 0.367 bits per heavy atom. The third kappa shape index (κ3) is 11.3. The summed E-state index contributed by atoms with van der Waals surface area (Å²) in [7, 11) is -4.24. The molecule has 3 aromatic heterocycles. The Bertz CT molecular complexity index is 3880. The molecule has 4 aromatic carbocycles. The molecule has 9 rings (SSSR count). The SMILES string of the molecule is COC(=O)c1cc(-c2c3nc(c(-c4cc(C(=O)OC)cc([Si](C)(C)C)c4)c4ccc([nH]4)c(-c4cc(C(=O)OC)cc([Si](C)(C)C)c4)c4nc(c(-c5cc(C(=O)O)cc([Si](C)(C)C)c5)c5ccc2[nH]5)C=C4)C=C3)cc([Si](C)(C)C)c1. The van der Waals surface area contributed by atoms with Gasteiger partial charge in [0.2, 0.25) is 0 Å². The maximum atomic E-state index is 13.6. The van der Waals surface area contributed by atoms with E-state index in [4.69, 9.17) is 24.2 Å². The van der Waals surface area contributed by atoms with E-state index in [1.54, 1.807) is 12.1 Å². The summed E-state index contributed by atoms with van der Waals surface area (Å²) in [6.45, 7) is 26.7. The molecule has 0 radical (unpaired) electrons. The van der Waals surface area contributed by atoms with Crippen molar-refractivity contribution in [1.82, 2.24) is 19.9 Å². The first-order chi connectivity index (χ1) is 37.1. The Morgan fingerprint density at radius 2 is 0.595 bits per heavy atom. The number of hydrogen-bond acceptors (Lipinski definition) is 9. The van der Waals surface area contributed by atoms with Crippen LogP contribution in [0.4, 0.5) is 0 Å². The second-order valence-corrected chi connectivity index (χ2v) is 44.8. The van der Waals surface area contributed by atoms with Crippen LogP contribution >= 0.6 is 0 Å². The summed E-state index contributed by atoms with van der Waals surface area (Å²) in [5, 5.41) is 14.8. The molecule has 0 saturated carbocycles. The van der Waals surface area contributed by atoms with Crippen LogP contribution in [0.15, 0.2) is 97.1 Å². The molecule has 404 valence electrons. The number of carbonyl (C=O) groups excluding carboxylic acids is 3. The fraction of sp³-hybridized carbons (Fsp3) is 0.238. The molecule has 2 aliphatic heterocycles. The fourth-order valence-electron chi connectivity index (χ4n) is 10.1. The van der Waals surface area contributed by atoms with Gasteiger partial charge in [0.25, 0.3) is 0 Å². The topological polar surface area (TPSA) is 174 Å². The van der Waals surface area contributed by atoms with Gasteiger partial charge in [0.1, 0.15) is 0 Å². The van der Waals surface area contributed by atoms with Crippen LogP contribution in [0.5, 0.6) is 0 Å². The Hall–Kier alpha value is -7.77. The van der Waals surface area contributed by atoms with E-state index in [1.807, 2.05) is 85.0 Å². The number of aromatic nitrogens is 4. The number of ether oxygens (including phenoxy) is 3. The molecule has 0 unspecified atom stereocenters. The number of rotatable bonds is 12. The molecule has 16 heteroatoms. The van der Waals surface area contributed by atoms with Crippen LogP contribution in [-0.2, 0) is 14.2 Å². The first-order valence-electron chi connectivity index (χ1n) is 26.3. The average Bonchev–Trinajstić information content (AvgIpc) is 4.48. The van der Waals surface area contributed by atoms with Gasteiger partial charge < -0.3 is 29.3 Å². The van der Waals surface area contributed by atoms with Crippen LogP contribution in [0.2, 0.25) is 78.6 Å². The van der Waals surface area contributed by atoms with Gasteiger partial charge in [-0.25, -0.2) is 29.1 Å². The molecule has 0 aliphatic carbocycles. The zero-order chi connectivity index (χ0) is 57.3. The van der Waals surface area contributed by atoms with Gasteiger partial charge in [-0.1, -0.05) is 124 Å². The van der Waals surface area contributed by atoms with Crippen molar-refractivity contribution in [2.24, 2.45) is 0 Å². The molecule has 79 heavy (non-hydrogen) atoms. The third-order valence-electron chi connectivity index (χ3n) is 14.6. The van der Waals surface area contributed by atoms with Crippen LogP contribution in [0.25, 0.3) is 90.9 Å². The lowest BCUT2D eigenvalue weighted by Gasteiger charge is -2.20. The molecule has 12 nitrogen and oxygen atoms in total. The van der Waals surface area contributed by atoms with Gasteiger partial charge in [0, 0.05) is 44.3 Å². The van der Waals surface area contributed by atoms with E-state index in [0.29, 0.717) is 83.8 Å². The van der Waals surface area contributed by atoms with E-state index in [0.717, 1.165) is 43.0 Å². The van der Waals surface area contributed by atoms with E-state index >= 15 is 0 Å². The van der Waals surface area contributed by atoms with Crippen molar-refractivity contribution in [1.29, 1.82) is 0 Å². The summed E-state index contributed by atoms with van der Waals surface area (Å²) in [6.07, 6.45) is 7.89. The van der Waals surface area contributed by atoms with Gasteiger partial charge >= 0.3 is 23.9 Å². The second kappa shape index (κ2) is 20.8.